The van der Waals surface area contributed by atoms with Crippen molar-refractivity contribution in [2.45, 2.75) is 4.90 Å². The Bertz CT molecular complexity index is 873. The molecule has 0 fully saturated rings. The maximum Gasteiger partial charge on any atom is 0.112 e. The number of rotatable bonds is 7. The largest absolute Gasteiger partial charge is 0.122 e. The maximum absolute atomic E-state index is 2.32. The van der Waals surface area contributed by atoms with Crippen LogP contribution in [0, 0.1) is 0 Å². The molecule has 0 aliphatic rings. The highest BCUT2D eigenvalue weighted by Crippen LogP contribution is 2.55. The van der Waals surface area contributed by atoms with Crippen LogP contribution in [0.2, 0.25) is 0 Å². The van der Waals surface area contributed by atoms with E-state index >= 15 is 0 Å². The van der Waals surface area contributed by atoms with E-state index in [0.29, 0.717) is 0 Å². The van der Waals surface area contributed by atoms with Crippen molar-refractivity contribution in [1.29, 1.82) is 0 Å². The fourth-order valence-corrected chi connectivity index (χ4v) is 9.46. The summed E-state index contributed by atoms with van der Waals surface area (Å²) in [5.74, 6) is 1.09. The van der Waals surface area contributed by atoms with E-state index in [-0.39, 0.29) is 0 Å². The zero-order chi connectivity index (χ0) is 19.1. The molecule has 2 heteroatoms. The Balaban J connectivity index is 1.79. The lowest BCUT2D eigenvalue weighted by molar-refractivity contribution is 1.43. The van der Waals surface area contributed by atoms with Gasteiger partial charge in [-0.05, 0) is 48.5 Å². The first kappa shape index (κ1) is 19.0. The molecule has 0 aromatic heterocycles. The molecule has 0 aliphatic heterocycles. The molecule has 4 rings (SSSR count). The van der Waals surface area contributed by atoms with E-state index < -0.39 is 7.26 Å². The minimum atomic E-state index is -1.71. The molecule has 0 bridgehead atoms. The molecule has 138 valence electrons. The Hall–Kier alpha value is -2.34. The smallest absolute Gasteiger partial charge is 0.112 e. The molecular formula is C26H24PS+. The number of hydrogen-bond acceptors (Lipinski definition) is 1. The molecule has 4 aromatic carbocycles. The lowest BCUT2D eigenvalue weighted by atomic mass is 10.4. The molecule has 0 radical (unpaired) electrons. The van der Waals surface area contributed by atoms with E-state index in [1.807, 2.05) is 11.8 Å². The molecule has 0 amide bonds. The van der Waals surface area contributed by atoms with Gasteiger partial charge in [-0.25, -0.2) is 0 Å². The lowest BCUT2D eigenvalue weighted by Crippen LogP contribution is -2.34. The second-order valence-corrected chi connectivity index (χ2v) is 11.5. The molecule has 0 unspecified atom stereocenters. The second kappa shape index (κ2) is 9.24. The summed E-state index contributed by atoms with van der Waals surface area (Å²) in [4.78, 5) is 1.34. The molecule has 0 spiro atoms. The van der Waals surface area contributed by atoms with Crippen LogP contribution in [0.5, 0.6) is 0 Å². The Labute approximate surface area is 173 Å². The lowest BCUT2D eigenvalue weighted by Gasteiger charge is -2.27. The summed E-state index contributed by atoms with van der Waals surface area (Å²) >= 11 is 1.96. The van der Waals surface area contributed by atoms with Crippen molar-refractivity contribution in [3.05, 3.63) is 121 Å². The molecule has 28 heavy (non-hydrogen) atoms. The maximum atomic E-state index is 2.32. The molecule has 4 aromatic rings. The predicted octanol–water partition coefficient (Wildman–Crippen LogP) is 5.77. The van der Waals surface area contributed by atoms with Crippen molar-refractivity contribution in [2.75, 3.05) is 11.9 Å². The average molecular weight is 400 g/mol. The van der Waals surface area contributed by atoms with Crippen LogP contribution >= 0.6 is 19.0 Å². The van der Waals surface area contributed by atoms with Crippen LogP contribution in [0.4, 0.5) is 0 Å². The first-order valence-electron chi connectivity index (χ1n) is 9.62. The van der Waals surface area contributed by atoms with Crippen molar-refractivity contribution >= 4 is 34.9 Å². The van der Waals surface area contributed by atoms with Crippen LogP contribution in [-0.4, -0.2) is 11.9 Å². The normalized spacial score (nSPS) is 11.3. The summed E-state index contributed by atoms with van der Waals surface area (Å²) in [7, 11) is -1.71. The predicted molar refractivity (Wildman–Crippen MR) is 127 cm³/mol. The fourth-order valence-electron chi connectivity index (χ4n) is 3.70. The summed E-state index contributed by atoms with van der Waals surface area (Å²) in [5.41, 5.74) is 0. The van der Waals surface area contributed by atoms with Crippen LogP contribution in [0.15, 0.2) is 126 Å². The highest BCUT2D eigenvalue weighted by atomic mass is 32.2. The van der Waals surface area contributed by atoms with Crippen molar-refractivity contribution in [3.63, 3.8) is 0 Å². The topological polar surface area (TPSA) is 0 Å². The SMILES string of the molecule is c1ccc(SCC[P+](c2ccccc2)(c2ccccc2)c2ccccc2)cc1. The molecule has 0 atom stereocenters. The van der Waals surface area contributed by atoms with E-state index in [4.69, 9.17) is 0 Å². The molecule has 0 saturated carbocycles. The van der Waals surface area contributed by atoms with Gasteiger partial charge in [0.2, 0.25) is 0 Å². The van der Waals surface area contributed by atoms with E-state index in [1.54, 1.807) is 0 Å². The minimum absolute atomic E-state index is 1.09. The van der Waals surface area contributed by atoms with Gasteiger partial charge in [0, 0.05) is 10.6 Å². The second-order valence-electron chi connectivity index (χ2n) is 6.70. The summed E-state index contributed by atoms with van der Waals surface area (Å²) in [5, 5.41) is 4.38. The van der Waals surface area contributed by atoms with E-state index in [1.165, 1.54) is 20.8 Å². The summed E-state index contributed by atoms with van der Waals surface area (Å²) < 4.78 is 0. The van der Waals surface area contributed by atoms with Crippen LogP contribution in [0.3, 0.4) is 0 Å². The molecular weight excluding hydrogens is 375 g/mol. The van der Waals surface area contributed by atoms with Gasteiger partial charge in [0.1, 0.15) is 23.2 Å². The van der Waals surface area contributed by atoms with Gasteiger partial charge in [-0.2, -0.15) is 0 Å². The van der Waals surface area contributed by atoms with Gasteiger partial charge >= 0.3 is 0 Å². The van der Waals surface area contributed by atoms with Crippen molar-refractivity contribution in [1.82, 2.24) is 0 Å². The fraction of sp³-hybridized carbons (Fsp3) is 0.0769. The standard InChI is InChI=1S/C26H24PS/c1-5-13-23(14-6-1)27(24-15-7-2-8-16-24,25-17-9-3-10-18-25)21-22-28-26-19-11-4-12-20-26/h1-20H,21-22H2/q+1. The number of thioether (sulfide) groups is 1. The minimum Gasteiger partial charge on any atom is -0.122 e. The Morgan fingerprint density at radius 2 is 0.821 bits per heavy atom. The van der Waals surface area contributed by atoms with Gasteiger partial charge in [-0.3, -0.25) is 0 Å². The van der Waals surface area contributed by atoms with Crippen LogP contribution in [-0.2, 0) is 0 Å². The molecule has 0 nitrogen and oxygen atoms in total. The van der Waals surface area contributed by atoms with Crippen molar-refractivity contribution in [2.24, 2.45) is 0 Å². The van der Waals surface area contributed by atoms with Crippen LogP contribution in [0.1, 0.15) is 0 Å². The highest BCUT2D eigenvalue weighted by Gasteiger charge is 2.44. The molecule has 0 aliphatic carbocycles. The van der Waals surface area contributed by atoms with Gasteiger partial charge in [0.15, 0.2) is 0 Å². The number of benzene rings is 4. The third-order valence-corrected chi connectivity index (χ3v) is 10.8. The van der Waals surface area contributed by atoms with Gasteiger partial charge in [-0.1, -0.05) is 72.8 Å². The molecule has 0 heterocycles. The summed E-state index contributed by atoms with van der Waals surface area (Å²) in [6.07, 6.45) is 1.14. The van der Waals surface area contributed by atoms with Gasteiger partial charge in [-0.15, -0.1) is 11.8 Å². The Morgan fingerprint density at radius 3 is 1.21 bits per heavy atom. The van der Waals surface area contributed by atoms with Crippen molar-refractivity contribution < 1.29 is 0 Å². The first-order chi connectivity index (χ1) is 13.9. The quantitative estimate of drug-likeness (QED) is 0.281. The average Bonchev–Trinajstić information content (AvgIpc) is 2.79. The zero-order valence-electron chi connectivity index (χ0n) is 15.8. The Kier molecular flexibility index (Phi) is 6.27. The van der Waals surface area contributed by atoms with Gasteiger partial charge < -0.3 is 0 Å². The third-order valence-electron chi connectivity index (χ3n) is 5.03. The van der Waals surface area contributed by atoms with E-state index in [9.17, 15) is 0 Å². The molecule has 0 saturated heterocycles. The Morgan fingerprint density at radius 1 is 0.464 bits per heavy atom. The van der Waals surface area contributed by atoms with Crippen molar-refractivity contribution in [3.8, 4) is 0 Å². The van der Waals surface area contributed by atoms with Gasteiger partial charge in [0.05, 0.1) is 6.16 Å². The van der Waals surface area contributed by atoms with Gasteiger partial charge in [0.25, 0.3) is 0 Å². The van der Waals surface area contributed by atoms with Crippen LogP contribution < -0.4 is 15.9 Å². The zero-order valence-corrected chi connectivity index (χ0v) is 17.5. The number of hydrogen-bond donors (Lipinski definition) is 0. The molecule has 0 N–H and O–H groups in total. The summed E-state index contributed by atoms with van der Waals surface area (Å²) in [6.45, 7) is 0. The summed E-state index contributed by atoms with van der Waals surface area (Å²) in [6, 6.07) is 44.1. The van der Waals surface area contributed by atoms with E-state index in [2.05, 4.69) is 121 Å². The van der Waals surface area contributed by atoms with E-state index in [0.717, 1.165) is 11.9 Å². The first-order valence-corrected chi connectivity index (χ1v) is 12.6. The third kappa shape index (κ3) is 4.07. The van der Waals surface area contributed by atoms with Crippen LogP contribution in [0.25, 0.3) is 0 Å². The highest BCUT2D eigenvalue weighted by molar-refractivity contribution is 8.01. The monoisotopic (exact) mass is 399 g/mol.